The number of hydrogen-bond donors (Lipinski definition) is 2. The molecule has 4 aromatic rings. The molecule has 0 aliphatic carbocycles. The van der Waals surface area contributed by atoms with Crippen LogP contribution in [-0.4, -0.2) is 30.8 Å². The first-order chi connectivity index (χ1) is 18.4. The standard InChI is InChI=1S/C26H21F5N4O3S/c1-16-23(18-5-3-2-4-6-18)24(26(29,30)31)33-35(16)20-10-7-17(8-11-20)13-14-32-25(36)34-39(37,38)22-12-9-19(27)15-21(22)28/h2-12,15H,13-14H2,1H3,(H2,32,34,36). The third kappa shape index (κ3) is 6.25. The van der Waals surface area contributed by atoms with Crippen LogP contribution in [0.2, 0.25) is 0 Å². The maximum Gasteiger partial charge on any atom is 0.435 e. The van der Waals surface area contributed by atoms with Crippen molar-refractivity contribution in [2.75, 3.05) is 6.54 Å². The van der Waals surface area contributed by atoms with Gasteiger partial charge in [-0.1, -0.05) is 42.5 Å². The van der Waals surface area contributed by atoms with Crippen LogP contribution in [0.3, 0.4) is 0 Å². The topological polar surface area (TPSA) is 93.1 Å². The molecule has 39 heavy (non-hydrogen) atoms. The molecule has 0 atom stereocenters. The number of sulfonamides is 1. The lowest BCUT2D eigenvalue weighted by Crippen LogP contribution is -2.40. The maximum absolute atomic E-state index is 13.8. The summed E-state index contributed by atoms with van der Waals surface area (Å²) in [6, 6.07) is 15.3. The number of hydrogen-bond acceptors (Lipinski definition) is 4. The number of amides is 2. The number of nitrogens with one attached hydrogen (secondary N) is 2. The van der Waals surface area contributed by atoms with Crippen molar-refractivity contribution in [3.05, 3.63) is 101 Å². The number of carbonyl (C=O) groups is 1. The average molecular weight is 565 g/mol. The van der Waals surface area contributed by atoms with Crippen LogP contribution in [0.25, 0.3) is 16.8 Å². The first-order valence-corrected chi connectivity index (χ1v) is 12.9. The summed E-state index contributed by atoms with van der Waals surface area (Å²) in [5, 5.41) is 6.16. The largest absolute Gasteiger partial charge is 0.435 e. The van der Waals surface area contributed by atoms with Gasteiger partial charge in [0.05, 0.1) is 5.69 Å². The summed E-state index contributed by atoms with van der Waals surface area (Å²) in [6.07, 6.45) is -4.41. The molecule has 4 rings (SSSR count). The van der Waals surface area contributed by atoms with E-state index in [0.717, 1.165) is 6.07 Å². The Morgan fingerprint density at radius 3 is 2.26 bits per heavy atom. The molecular formula is C26H21F5N4O3S. The predicted octanol–water partition coefficient (Wildman–Crippen LogP) is 5.38. The van der Waals surface area contributed by atoms with Gasteiger partial charge in [-0.3, -0.25) is 0 Å². The number of aromatic nitrogens is 2. The Balaban J connectivity index is 1.43. The van der Waals surface area contributed by atoms with E-state index in [9.17, 15) is 35.2 Å². The molecule has 3 aromatic carbocycles. The van der Waals surface area contributed by atoms with Crippen molar-refractivity contribution in [3.63, 3.8) is 0 Å². The second-order valence-electron chi connectivity index (χ2n) is 8.44. The zero-order chi connectivity index (χ0) is 28.4. The SMILES string of the molecule is Cc1c(-c2ccccc2)c(C(F)(F)F)nn1-c1ccc(CCNC(=O)NS(=O)(=O)c2ccc(F)cc2F)cc1. The van der Waals surface area contributed by atoms with Crippen molar-refractivity contribution in [2.24, 2.45) is 0 Å². The number of benzene rings is 3. The van der Waals surface area contributed by atoms with Crippen molar-refractivity contribution in [3.8, 4) is 16.8 Å². The fourth-order valence-corrected chi connectivity index (χ4v) is 4.92. The van der Waals surface area contributed by atoms with Gasteiger partial charge in [-0.25, -0.2) is 31.4 Å². The lowest BCUT2D eigenvalue weighted by atomic mass is 10.0. The number of alkyl halides is 3. The number of carbonyl (C=O) groups excluding carboxylic acids is 1. The Kier molecular flexibility index (Phi) is 7.72. The van der Waals surface area contributed by atoms with Gasteiger partial charge in [0.15, 0.2) is 5.69 Å². The fourth-order valence-electron chi connectivity index (χ4n) is 3.93. The molecule has 204 valence electrons. The van der Waals surface area contributed by atoms with E-state index in [0.29, 0.717) is 34.6 Å². The molecule has 0 unspecified atom stereocenters. The lowest BCUT2D eigenvalue weighted by Gasteiger charge is -2.10. The van der Waals surface area contributed by atoms with Gasteiger partial charge in [0.1, 0.15) is 16.5 Å². The van der Waals surface area contributed by atoms with Crippen molar-refractivity contribution in [2.45, 2.75) is 24.4 Å². The first kappa shape index (κ1) is 27.8. The van der Waals surface area contributed by atoms with Crippen LogP contribution in [0, 0.1) is 18.6 Å². The van der Waals surface area contributed by atoms with E-state index in [2.05, 4.69) is 10.4 Å². The smallest absolute Gasteiger partial charge is 0.337 e. The highest BCUT2D eigenvalue weighted by Gasteiger charge is 2.39. The molecule has 2 N–H and O–H groups in total. The molecule has 2 amide bonds. The van der Waals surface area contributed by atoms with Crippen LogP contribution >= 0.6 is 0 Å². The van der Waals surface area contributed by atoms with Gasteiger partial charge in [0.25, 0.3) is 10.0 Å². The first-order valence-electron chi connectivity index (χ1n) is 11.4. The van der Waals surface area contributed by atoms with Crippen molar-refractivity contribution >= 4 is 16.1 Å². The Labute approximate surface area is 220 Å². The molecule has 1 heterocycles. The fraction of sp³-hybridized carbons (Fsp3) is 0.154. The third-order valence-corrected chi connectivity index (χ3v) is 7.10. The quantitative estimate of drug-likeness (QED) is 0.295. The molecule has 0 spiro atoms. The molecule has 0 bridgehead atoms. The summed E-state index contributed by atoms with van der Waals surface area (Å²) >= 11 is 0. The van der Waals surface area contributed by atoms with E-state index in [1.165, 1.54) is 4.68 Å². The minimum atomic E-state index is -4.66. The van der Waals surface area contributed by atoms with E-state index < -0.39 is 44.5 Å². The van der Waals surface area contributed by atoms with Gasteiger partial charge in [-0.15, -0.1) is 0 Å². The maximum atomic E-state index is 13.8. The molecule has 0 aliphatic heterocycles. The Bertz CT molecular complexity index is 1600. The molecule has 0 saturated heterocycles. The van der Waals surface area contributed by atoms with E-state index in [1.54, 1.807) is 66.2 Å². The Morgan fingerprint density at radius 1 is 0.974 bits per heavy atom. The molecule has 0 fully saturated rings. The van der Waals surface area contributed by atoms with E-state index in [-0.39, 0.29) is 18.5 Å². The van der Waals surface area contributed by atoms with Crippen LogP contribution in [0.1, 0.15) is 17.0 Å². The zero-order valence-corrected chi connectivity index (χ0v) is 21.1. The summed E-state index contributed by atoms with van der Waals surface area (Å²) in [5.41, 5.74) is 0.758. The lowest BCUT2D eigenvalue weighted by molar-refractivity contribution is -0.140. The minimum Gasteiger partial charge on any atom is -0.337 e. The van der Waals surface area contributed by atoms with Crippen LogP contribution in [0.15, 0.2) is 77.7 Å². The zero-order valence-electron chi connectivity index (χ0n) is 20.3. The predicted molar refractivity (Wildman–Crippen MR) is 133 cm³/mol. The highest BCUT2D eigenvalue weighted by atomic mass is 32.2. The van der Waals surface area contributed by atoms with Gasteiger partial charge in [0, 0.05) is 23.9 Å². The summed E-state index contributed by atoms with van der Waals surface area (Å²) in [5.74, 6) is -2.32. The summed E-state index contributed by atoms with van der Waals surface area (Å²) in [7, 11) is -4.57. The van der Waals surface area contributed by atoms with Crippen LogP contribution in [0.5, 0.6) is 0 Å². The van der Waals surface area contributed by atoms with Crippen LogP contribution in [-0.2, 0) is 22.6 Å². The summed E-state index contributed by atoms with van der Waals surface area (Å²) in [4.78, 5) is 11.1. The number of nitrogens with zero attached hydrogens (tertiary/aromatic N) is 2. The molecule has 13 heteroatoms. The minimum absolute atomic E-state index is 0.0101. The number of halogens is 5. The normalized spacial score (nSPS) is 11.8. The van der Waals surface area contributed by atoms with E-state index in [1.807, 2.05) is 0 Å². The summed E-state index contributed by atoms with van der Waals surface area (Å²) in [6.45, 7) is 1.54. The third-order valence-electron chi connectivity index (χ3n) is 5.74. The molecular weight excluding hydrogens is 543 g/mol. The van der Waals surface area contributed by atoms with E-state index in [4.69, 9.17) is 0 Å². The second kappa shape index (κ2) is 10.8. The van der Waals surface area contributed by atoms with Gasteiger partial charge < -0.3 is 5.32 Å². The molecule has 1 aromatic heterocycles. The van der Waals surface area contributed by atoms with Crippen molar-refractivity contribution in [1.82, 2.24) is 19.8 Å². The van der Waals surface area contributed by atoms with Crippen molar-refractivity contribution in [1.29, 1.82) is 0 Å². The Hall–Kier alpha value is -4.26. The number of rotatable bonds is 7. The highest BCUT2D eigenvalue weighted by molar-refractivity contribution is 7.90. The van der Waals surface area contributed by atoms with Gasteiger partial charge in [-0.2, -0.15) is 18.3 Å². The van der Waals surface area contributed by atoms with Gasteiger partial charge >= 0.3 is 12.2 Å². The van der Waals surface area contributed by atoms with Crippen LogP contribution in [0.4, 0.5) is 26.7 Å². The highest BCUT2D eigenvalue weighted by Crippen LogP contribution is 2.39. The van der Waals surface area contributed by atoms with Crippen molar-refractivity contribution < 1.29 is 35.2 Å². The van der Waals surface area contributed by atoms with Gasteiger partial charge in [-0.05, 0) is 48.7 Å². The average Bonchev–Trinajstić information content (AvgIpc) is 3.22. The Morgan fingerprint density at radius 2 is 1.64 bits per heavy atom. The van der Waals surface area contributed by atoms with E-state index >= 15 is 0 Å². The van der Waals surface area contributed by atoms with Gasteiger partial charge in [0.2, 0.25) is 0 Å². The number of urea groups is 1. The molecule has 0 radical (unpaired) electrons. The molecule has 0 saturated carbocycles. The molecule has 0 aliphatic rings. The second-order valence-corrected chi connectivity index (χ2v) is 10.1. The van der Waals surface area contributed by atoms with Crippen LogP contribution < -0.4 is 10.0 Å². The summed E-state index contributed by atoms with van der Waals surface area (Å²) < 4.78 is 95.3. The monoisotopic (exact) mass is 564 g/mol. The molecule has 7 nitrogen and oxygen atoms in total.